The fraction of sp³-hybridized carbons (Fsp3) is 0.435. The average Bonchev–Trinajstić information content (AvgIpc) is 3.38. The lowest BCUT2D eigenvalue weighted by Crippen LogP contribution is -2.58. The number of nitrogens with zero attached hydrogens (tertiary/aromatic N) is 1. The predicted molar refractivity (Wildman–Crippen MR) is 134 cm³/mol. The number of aliphatic carboxylic acids is 1. The maximum Gasteiger partial charge on any atom is 0.326 e. The standard InChI is InChI=1S/C23H32N6O6S/c1-36-8-7-17(27-20(31)16(24)9-14-5-3-2-4-6-14)21(32)29-19(12-30)22(33)28-18(23(34)35)10-15-11-25-13-26-15/h2-6,11,13,16-19,30H,7-10,12,24H2,1H3,(H,25,26)(H,27,31)(H,28,33)(H,29,32)(H,34,35). The molecule has 0 saturated carbocycles. The van der Waals surface area contributed by atoms with Gasteiger partial charge in [0, 0.05) is 18.3 Å². The number of carboxylic acids is 1. The lowest BCUT2D eigenvalue weighted by Gasteiger charge is -2.24. The second-order valence-electron chi connectivity index (χ2n) is 8.06. The van der Waals surface area contributed by atoms with Crippen molar-refractivity contribution in [1.82, 2.24) is 25.9 Å². The van der Waals surface area contributed by atoms with E-state index in [1.54, 1.807) is 0 Å². The fourth-order valence-corrected chi connectivity index (χ4v) is 3.77. The van der Waals surface area contributed by atoms with E-state index in [0.717, 1.165) is 5.56 Å². The maximum atomic E-state index is 12.9. The highest BCUT2D eigenvalue weighted by molar-refractivity contribution is 7.98. The average molecular weight is 521 g/mol. The van der Waals surface area contributed by atoms with Gasteiger partial charge in [0.1, 0.15) is 18.1 Å². The van der Waals surface area contributed by atoms with Gasteiger partial charge in [-0.3, -0.25) is 14.4 Å². The molecule has 196 valence electrons. The molecule has 36 heavy (non-hydrogen) atoms. The van der Waals surface area contributed by atoms with E-state index in [9.17, 15) is 29.4 Å². The Balaban J connectivity index is 2.01. The third kappa shape index (κ3) is 9.32. The zero-order valence-electron chi connectivity index (χ0n) is 19.8. The summed E-state index contributed by atoms with van der Waals surface area (Å²) in [6.07, 6.45) is 5.11. The molecule has 0 saturated heterocycles. The molecular formula is C23H32N6O6S. The van der Waals surface area contributed by atoms with Crippen molar-refractivity contribution in [3.8, 4) is 0 Å². The number of hydrogen-bond donors (Lipinski definition) is 7. The van der Waals surface area contributed by atoms with Crippen molar-refractivity contribution in [2.75, 3.05) is 18.6 Å². The number of carboxylic acid groups (broad SMARTS) is 1. The van der Waals surface area contributed by atoms with E-state index in [2.05, 4.69) is 25.9 Å². The van der Waals surface area contributed by atoms with Gasteiger partial charge in [0.25, 0.3) is 0 Å². The van der Waals surface area contributed by atoms with Crippen LogP contribution in [0.25, 0.3) is 0 Å². The van der Waals surface area contributed by atoms with Crippen LogP contribution >= 0.6 is 11.8 Å². The van der Waals surface area contributed by atoms with Gasteiger partial charge in [-0.15, -0.1) is 0 Å². The number of amides is 3. The molecule has 1 heterocycles. The number of thioether (sulfide) groups is 1. The molecule has 0 aliphatic heterocycles. The largest absolute Gasteiger partial charge is 0.480 e. The molecule has 3 amide bonds. The lowest BCUT2D eigenvalue weighted by molar-refractivity contribution is -0.142. The zero-order valence-corrected chi connectivity index (χ0v) is 20.7. The third-order valence-corrected chi connectivity index (χ3v) is 5.93. The number of aromatic amines is 1. The van der Waals surface area contributed by atoms with Crippen LogP contribution in [0.5, 0.6) is 0 Å². The van der Waals surface area contributed by atoms with Crippen molar-refractivity contribution in [2.45, 2.75) is 43.4 Å². The van der Waals surface area contributed by atoms with Crippen LogP contribution < -0.4 is 21.7 Å². The smallest absolute Gasteiger partial charge is 0.326 e. The number of nitrogens with two attached hydrogens (primary N) is 1. The summed E-state index contributed by atoms with van der Waals surface area (Å²) in [4.78, 5) is 56.3. The summed E-state index contributed by atoms with van der Waals surface area (Å²) in [6.45, 7) is -0.773. The van der Waals surface area contributed by atoms with Crippen molar-refractivity contribution < 1.29 is 29.4 Å². The normalized spacial score (nSPS) is 14.2. The first kappa shape index (κ1) is 28.8. The molecule has 2 aromatic rings. The van der Waals surface area contributed by atoms with Gasteiger partial charge in [-0.05, 0) is 30.4 Å². The molecule has 2 rings (SSSR count). The van der Waals surface area contributed by atoms with E-state index in [-0.39, 0.29) is 19.3 Å². The summed E-state index contributed by atoms with van der Waals surface area (Å²) in [5, 5.41) is 26.5. The summed E-state index contributed by atoms with van der Waals surface area (Å²) in [6, 6.07) is 4.55. The minimum absolute atomic E-state index is 0.0706. The number of aliphatic hydroxyl groups is 1. The first-order valence-corrected chi connectivity index (χ1v) is 12.6. The number of imidazole rings is 1. The Morgan fingerprint density at radius 1 is 1.00 bits per heavy atom. The van der Waals surface area contributed by atoms with Gasteiger partial charge in [-0.25, -0.2) is 9.78 Å². The Hall–Kier alpha value is -3.42. The molecule has 0 fully saturated rings. The highest BCUT2D eigenvalue weighted by atomic mass is 32.2. The van der Waals surface area contributed by atoms with Gasteiger partial charge in [0.05, 0.1) is 19.0 Å². The van der Waals surface area contributed by atoms with Crippen molar-refractivity contribution in [1.29, 1.82) is 0 Å². The number of aromatic nitrogens is 2. The van der Waals surface area contributed by atoms with Gasteiger partial charge >= 0.3 is 5.97 Å². The van der Waals surface area contributed by atoms with E-state index in [0.29, 0.717) is 11.4 Å². The van der Waals surface area contributed by atoms with Crippen molar-refractivity contribution in [2.24, 2.45) is 5.73 Å². The van der Waals surface area contributed by atoms with E-state index >= 15 is 0 Å². The molecule has 4 atom stereocenters. The van der Waals surface area contributed by atoms with Crippen molar-refractivity contribution in [3.05, 3.63) is 54.1 Å². The SMILES string of the molecule is CSCCC(NC(=O)C(N)Cc1ccccc1)C(=O)NC(CO)C(=O)NC(Cc1cnc[nH]1)C(=O)O. The number of benzene rings is 1. The molecule has 0 aliphatic rings. The number of H-pyrrole nitrogens is 1. The van der Waals surface area contributed by atoms with Gasteiger partial charge in [-0.2, -0.15) is 11.8 Å². The first-order chi connectivity index (χ1) is 17.2. The van der Waals surface area contributed by atoms with Gasteiger partial charge in [0.2, 0.25) is 17.7 Å². The number of carbonyl (C=O) groups is 4. The summed E-state index contributed by atoms with van der Waals surface area (Å²) in [5.74, 6) is -2.87. The van der Waals surface area contributed by atoms with Gasteiger partial charge in [0.15, 0.2) is 0 Å². The number of rotatable bonds is 15. The molecule has 12 nitrogen and oxygen atoms in total. The zero-order chi connectivity index (χ0) is 26.5. The predicted octanol–water partition coefficient (Wildman–Crippen LogP) is -1.19. The van der Waals surface area contributed by atoms with Crippen molar-refractivity contribution >= 4 is 35.5 Å². The van der Waals surface area contributed by atoms with Gasteiger partial charge in [-0.1, -0.05) is 30.3 Å². The molecular weight excluding hydrogens is 488 g/mol. The van der Waals surface area contributed by atoms with Crippen LogP contribution in [-0.4, -0.2) is 86.7 Å². The molecule has 0 spiro atoms. The Morgan fingerprint density at radius 3 is 2.22 bits per heavy atom. The highest BCUT2D eigenvalue weighted by Gasteiger charge is 2.30. The van der Waals surface area contributed by atoms with Crippen LogP contribution in [0.1, 0.15) is 17.7 Å². The Labute approximate surface area is 212 Å². The van der Waals surface area contributed by atoms with E-state index < -0.39 is 54.5 Å². The molecule has 1 aromatic heterocycles. The summed E-state index contributed by atoms with van der Waals surface area (Å²) >= 11 is 1.47. The monoisotopic (exact) mass is 520 g/mol. The topological polar surface area (TPSA) is 200 Å². The molecule has 1 aromatic carbocycles. The highest BCUT2D eigenvalue weighted by Crippen LogP contribution is 2.06. The van der Waals surface area contributed by atoms with Gasteiger partial charge < -0.3 is 36.9 Å². The lowest BCUT2D eigenvalue weighted by atomic mass is 10.1. The molecule has 4 unspecified atom stereocenters. The van der Waals surface area contributed by atoms with Crippen LogP contribution in [0.2, 0.25) is 0 Å². The second-order valence-corrected chi connectivity index (χ2v) is 9.05. The van der Waals surface area contributed by atoms with E-state index in [4.69, 9.17) is 5.73 Å². The number of aliphatic hydroxyl groups excluding tert-OH is 1. The van der Waals surface area contributed by atoms with Crippen LogP contribution in [0.3, 0.4) is 0 Å². The van der Waals surface area contributed by atoms with Crippen LogP contribution in [0.15, 0.2) is 42.9 Å². The van der Waals surface area contributed by atoms with Crippen LogP contribution in [0, 0.1) is 0 Å². The first-order valence-electron chi connectivity index (χ1n) is 11.3. The summed E-state index contributed by atoms with van der Waals surface area (Å²) in [7, 11) is 0. The number of hydrogen-bond acceptors (Lipinski definition) is 8. The maximum absolute atomic E-state index is 12.9. The summed E-state index contributed by atoms with van der Waals surface area (Å²) in [5.41, 5.74) is 7.38. The molecule has 0 bridgehead atoms. The fourth-order valence-electron chi connectivity index (χ4n) is 3.30. The molecule has 0 aliphatic carbocycles. The summed E-state index contributed by atoms with van der Waals surface area (Å²) < 4.78 is 0. The molecule has 0 radical (unpaired) electrons. The van der Waals surface area contributed by atoms with Crippen LogP contribution in [0.4, 0.5) is 0 Å². The minimum atomic E-state index is -1.42. The minimum Gasteiger partial charge on any atom is -0.480 e. The van der Waals surface area contributed by atoms with Crippen LogP contribution in [-0.2, 0) is 32.0 Å². The molecule has 13 heteroatoms. The Morgan fingerprint density at radius 2 is 1.64 bits per heavy atom. The number of carbonyl (C=O) groups excluding carboxylic acids is 3. The van der Waals surface area contributed by atoms with E-state index in [1.165, 1.54) is 24.3 Å². The second kappa shape index (κ2) is 14.9. The van der Waals surface area contributed by atoms with Crippen molar-refractivity contribution in [3.63, 3.8) is 0 Å². The third-order valence-electron chi connectivity index (χ3n) is 5.29. The van der Waals surface area contributed by atoms with E-state index in [1.807, 2.05) is 36.6 Å². The quantitative estimate of drug-likeness (QED) is 0.151. The Kier molecular flexibility index (Phi) is 11.9. The number of nitrogens with one attached hydrogen (secondary N) is 4. The Bertz CT molecular complexity index is 990. The molecule has 8 N–H and O–H groups in total.